The number of ether oxygens (including phenoxy) is 1. The summed E-state index contributed by atoms with van der Waals surface area (Å²) in [6, 6.07) is 0. The zero-order valence-electron chi connectivity index (χ0n) is 18.1. The van der Waals surface area contributed by atoms with Crippen molar-refractivity contribution in [1.82, 2.24) is 0 Å². The fourth-order valence-electron chi connectivity index (χ4n) is 2.32. The van der Waals surface area contributed by atoms with Gasteiger partial charge in [-0.3, -0.25) is 4.79 Å². The predicted molar refractivity (Wildman–Crippen MR) is 127 cm³/mol. The van der Waals surface area contributed by atoms with Gasteiger partial charge in [0.05, 0.1) is 11.9 Å². The minimum Gasteiger partial charge on any atom is -0.465 e. The minimum atomic E-state index is -0.0923. The number of carbonyl (C=O) groups excluding carboxylic acids is 1. The Balaban J connectivity index is 3.50. The molecule has 0 aliphatic rings. The van der Waals surface area contributed by atoms with Gasteiger partial charge in [-0.1, -0.05) is 67.7 Å². The summed E-state index contributed by atoms with van der Waals surface area (Å²) in [6.07, 6.45) is 30.9. The van der Waals surface area contributed by atoms with Crippen LogP contribution in [0.4, 0.5) is 0 Å². The van der Waals surface area contributed by atoms with Crippen LogP contribution in [0, 0.1) is 0 Å². The molecule has 0 rings (SSSR count). The fourth-order valence-corrected chi connectivity index (χ4v) is 3.25. The van der Waals surface area contributed by atoms with Crippen LogP contribution in [0.2, 0.25) is 0 Å². The van der Waals surface area contributed by atoms with Crippen LogP contribution in [0.3, 0.4) is 0 Å². The zero-order valence-corrected chi connectivity index (χ0v) is 19.0. The lowest BCUT2D eigenvalue weighted by Crippen LogP contribution is -2.17. The van der Waals surface area contributed by atoms with Gasteiger partial charge in [0.15, 0.2) is 0 Å². The summed E-state index contributed by atoms with van der Waals surface area (Å²) in [6.45, 7) is 6.39. The highest BCUT2D eigenvalue weighted by Crippen LogP contribution is 2.15. The van der Waals surface area contributed by atoms with E-state index >= 15 is 0 Å². The van der Waals surface area contributed by atoms with Crippen LogP contribution in [-0.2, 0) is 9.53 Å². The van der Waals surface area contributed by atoms with Crippen molar-refractivity contribution in [1.29, 1.82) is 0 Å². The summed E-state index contributed by atoms with van der Waals surface area (Å²) < 4.78 is 5.01. The van der Waals surface area contributed by atoms with Gasteiger partial charge in [-0.2, -0.15) is 0 Å². The molecule has 0 aliphatic heterocycles. The van der Waals surface area contributed by atoms with Crippen molar-refractivity contribution in [2.45, 2.75) is 77.4 Å². The van der Waals surface area contributed by atoms with Crippen LogP contribution in [0.5, 0.6) is 0 Å². The molecule has 3 heteroatoms. The number of allylic oxidation sites excluding steroid dienone is 10. The SMILES string of the molecule is CCC=CCC=CCC=CCC=CCC=CCCCCSC(C)C(=O)OCC. The smallest absolute Gasteiger partial charge is 0.318 e. The van der Waals surface area contributed by atoms with E-state index in [2.05, 4.69) is 67.7 Å². The van der Waals surface area contributed by atoms with E-state index in [1.807, 2.05) is 13.8 Å². The second-order valence-electron chi connectivity index (χ2n) is 6.47. The van der Waals surface area contributed by atoms with Gasteiger partial charge in [-0.05, 0) is 71.0 Å². The minimum absolute atomic E-state index is 0.0475. The Bertz CT molecular complexity index is 501. The van der Waals surface area contributed by atoms with E-state index in [0.717, 1.165) is 50.7 Å². The van der Waals surface area contributed by atoms with Crippen LogP contribution in [0.1, 0.15) is 72.1 Å². The van der Waals surface area contributed by atoms with Crippen molar-refractivity contribution in [2.24, 2.45) is 0 Å². The van der Waals surface area contributed by atoms with Crippen molar-refractivity contribution < 1.29 is 9.53 Å². The van der Waals surface area contributed by atoms with Crippen molar-refractivity contribution in [2.75, 3.05) is 12.4 Å². The largest absolute Gasteiger partial charge is 0.465 e. The highest BCUT2D eigenvalue weighted by atomic mass is 32.2. The number of hydrogen-bond donors (Lipinski definition) is 0. The monoisotopic (exact) mass is 404 g/mol. The molecule has 2 nitrogen and oxygen atoms in total. The van der Waals surface area contributed by atoms with Gasteiger partial charge in [0.2, 0.25) is 0 Å². The van der Waals surface area contributed by atoms with Gasteiger partial charge in [-0.15, -0.1) is 11.8 Å². The van der Waals surface area contributed by atoms with Gasteiger partial charge in [0.25, 0.3) is 0 Å². The molecule has 0 radical (unpaired) electrons. The van der Waals surface area contributed by atoms with Gasteiger partial charge >= 0.3 is 5.97 Å². The summed E-state index contributed by atoms with van der Waals surface area (Å²) in [5, 5.41) is -0.0475. The molecule has 1 unspecified atom stereocenters. The molecular formula is C25H40O2S. The van der Waals surface area contributed by atoms with Gasteiger partial charge in [-0.25, -0.2) is 0 Å². The third-order valence-corrected chi connectivity index (χ3v) is 5.13. The first-order valence-corrected chi connectivity index (χ1v) is 11.8. The molecule has 0 aromatic heterocycles. The van der Waals surface area contributed by atoms with E-state index in [4.69, 9.17) is 4.74 Å². The lowest BCUT2D eigenvalue weighted by Gasteiger charge is -2.09. The number of hydrogen-bond acceptors (Lipinski definition) is 3. The number of rotatable bonds is 17. The molecule has 0 saturated carbocycles. The highest BCUT2D eigenvalue weighted by Gasteiger charge is 2.13. The Morgan fingerprint density at radius 3 is 1.79 bits per heavy atom. The molecule has 28 heavy (non-hydrogen) atoms. The Hall–Kier alpha value is -1.48. The van der Waals surface area contributed by atoms with E-state index < -0.39 is 0 Å². The number of unbranched alkanes of at least 4 members (excludes halogenated alkanes) is 2. The molecule has 0 spiro atoms. The van der Waals surface area contributed by atoms with E-state index in [9.17, 15) is 4.79 Å². The van der Waals surface area contributed by atoms with Crippen molar-refractivity contribution in [3.63, 3.8) is 0 Å². The Morgan fingerprint density at radius 2 is 1.29 bits per heavy atom. The molecule has 1 atom stereocenters. The summed E-state index contributed by atoms with van der Waals surface area (Å²) in [5.41, 5.74) is 0. The second kappa shape index (κ2) is 21.8. The number of carbonyl (C=O) groups is 1. The fraction of sp³-hybridized carbons (Fsp3) is 0.560. The zero-order chi connectivity index (χ0) is 20.7. The molecule has 0 amide bonds. The average Bonchev–Trinajstić information content (AvgIpc) is 2.69. The first-order valence-electron chi connectivity index (χ1n) is 10.8. The van der Waals surface area contributed by atoms with E-state index in [1.54, 1.807) is 11.8 Å². The van der Waals surface area contributed by atoms with Crippen LogP contribution in [0.25, 0.3) is 0 Å². The van der Waals surface area contributed by atoms with Crippen LogP contribution < -0.4 is 0 Å². The standard InChI is InChI=1S/C25H40O2S/c1-4-6-7-8-9-10-11-12-13-14-15-16-17-18-19-20-21-22-23-28-24(3)25(26)27-5-2/h6-7,9-10,12-13,15-16,18-19,24H,4-5,8,11,14,17,20-23H2,1-3H3. The maximum Gasteiger partial charge on any atom is 0.318 e. The molecule has 0 fully saturated rings. The van der Waals surface area contributed by atoms with Crippen molar-refractivity contribution in [3.05, 3.63) is 60.8 Å². The first kappa shape index (κ1) is 26.5. The molecular weight excluding hydrogens is 364 g/mol. The maximum atomic E-state index is 11.5. The highest BCUT2D eigenvalue weighted by molar-refractivity contribution is 8.00. The topological polar surface area (TPSA) is 26.3 Å². The Kier molecular flexibility index (Phi) is 20.7. The lowest BCUT2D eigenvalue weighted by atomic mass is 10.2. The average molecular weight is 405 g/mol. The van der Waals surface area contributed by atoms with Gasteiger partial charge in [0.1, 0.15) is 0 Å². The van der Waals surface area contributed by atoms with Crippen LogP contribution in [-0.4, -0.2) is 23.6 Å². The van der Waals surface area contributed by atoms with E-state index in [1.165, 1.54) is 6.42 Å². The molecule has 0 N–H and O–H groups in total. The van der Waals surface area contributed by atoms with Crippen molar-refractivity contribution >= 4 is 17.7 Å². The summed E-state index contributed by atoms with van der Waals surface area (Å²) in [4.78, 5) is 11.5. The molecule has 0 bridgehead atoms. The molecule has 0 saturated heterocycles. The molecule has 0 aliphatic carbocycles. The van der Waals surface area contributed by atoms with Crippen LogP contribution >= 0.6 is 11.8 Å². The lowest BCUT2D eigenvalue weighted by molar-refractivity contribution is -0.142. The Morgan fingerprint density at radius 1 is 0.786 bits per heavy atom. The second-order valence-corrected chi connectivity index (χ2v) is 7.92. The van der Waals surface area contributed by atoms with Crippen LogP contribution in [0.15, 0.2) is 60.8 Å². The first-order chi connectivity index (χ1) is 13.7. The number of thioether (sulfide) groups is 1. The normalized spacial score (nSPS) is 13.7. The molecule has 0 aromatic carbocycles. The summed E-state index contributed by atoms with van der Waals surface area (Å²) in [7, 11) is 0. The maximum absolute atomic E-state index is 11.5. The van der Waals surface area contributed by atoms with Gasteiger partial charge in [0, 0.05) is 0 Å². The summed E-state index contributed by atoms with van der Waals surface area (Å²) in [5.74, 6) is 0.926. The van der Waals surface area contributed by atoms with Gasteiger partial charge < -0.3 is 4.74 Å². The third-order valence-electron chi connectivity index (χ3n) is 3.91. The third kappa shape index (κ3) is 19.3. The molecule has 0 heterocycles. The molecule has 0 aromatic rings. The quantitative estimate of drug-likeness (QED) is 0.142. The van der Waals surface area contributed by atoms with Crippen molar-refractivity contribution in [3.8, 4) is 0 Å². The summed E-state index contributed by atoms with van der Waals surface area (Å²) >= 11 is 1.69. The Labute approximate surface area is 177 Å². The number of esters is 1. The predicted octanol–water partition coefficient (Wildman–Crippen LogP) is 7.59. The molecule has 158 valence electrons. The van der Waals surface area contributed by atoms with E-state index in [0.29, 0.717) is 6.61 Å². The van der Waals surface area contributed by atoms with E-state index in [-0.39, 0.29) is 11.2 Å².